The van der Waals surface area contributed by atoms with Gasteiger partial charge in [0.1, 0.15) is 11.2 Å². The fourth-order valence-corrected chi connectivity index (χ4v) is 5.43. The minimum absolute atomic E-state index is 0.398. The minimum atomic E-state index is -1.27. The van der Waals surface area contributed by atoms with Crippen LogP contribution >= 0.6 is 12.6 Å². The Morgan fingerprint density at radius 1 is 0.909 bits per heavy atom. The van der Waals surface area contributed by atoms with E-state index < -0.39 is 22.4 Å². The van der Waals surface area contributed by atoms with Crippen LogP contribution in [-0.4, -0.2) is 26.2 Å². The first-order chi connectivity index (χ1) is 15.6. The summed E-state index contributed by atoms with van der Waals surface area (Å²) in [6.45, 7) is 12.5. The second-order valence-electron chi connectivity index (χ2n) is 9.64. The lowest BCUT2D eigenvalue weighted by atomic mass is 9.69. The van der Waals surface area contributed by atoms with Crippen LogP contribution in [0.1, 0.15) is 106 Å². The number of H-pyrrole nitrogens is 1. The molecule has 2 atom stereocenters. The molecule has 1 aromatic heterocycles. The van der Waals surface area contributed by atoms with Crippen molar-refractivity contribution in [3.8, 4) is 0 Å². The van der Waals surface area contributed by atoms with Crippen molar-refractivity contribution in [3.63, 3.8) is 0 Å². The van der Waals surface area contributed by atoms with Gasteiger partial charge in [0.15, 0.2) is 5.12 Å². The van der Waals surface area contributed by atoms with Crippen molar-refractivity contribution < 1.29 is 14.7 Å². The zero-order valence-electron chi connectivity index (χ0n) is 21.3. The van der Waals surface area contributed by atoms with Crippen molar-refractivity contribution in [3.05, 3.63) is 28.1 Å². The quantitative estimate of drug-likeness (QED) is 0.201. The number of nitrogens with zero attached hydrogens (tertiary/aromatic N) is 1. The third kappa shape index (κ3) is 5.64. The van der Waals surface area contributed by atoms with Gasteiger partial charge < -0.3 is 10.1 Å². The molecule has 2 rings (SSSR count). The van der Waals surface area contributed by atoms with Crippen molar-refractivity contribution in [2.75, 3.05) is 0 Å². The monoisotopic (exact) mass is 474 g/mol. The van der Waals surface area contributed by atoms with Crippen LogP contribution in [0.3, 0.4) is 0 Å². The lowest BCUT2D eigenvalue weighted by molar-refractivity contribution is -0.147. The standard InChI is InChI=1S/C27H42N2O3S/c1-7-9-11-13-15-21(24(30)31)27(26(32)33,16-14-12-10-8-2)25-28-22-19(5)17(3)18(4)20(6)23(22)29-25/h21H,7-16H2,1-6H3,(H,28,29)(H,30,31)(H,32,33). The number of thiol groups is 1. The average molecular weight is 475 g/mol. The predicted octanol–water partition coefficient (Wildman–Crippen LogP) is 7.13. The fourth-order valence-electron chi connectivity index (χ4n) is 5.06. The highest BCUT2D eigenvalue weighted by Crippen LogP contribution is 2.43. The number of aromatic amines is 1. The molecule has 0 saturated carbocycles. The molecule has 1 aromatic carbocycles. The summed E-state index contributed by atoms with van der Waals surface area (Å²) in [5, 5.41) is 9.92. The minimum Gasteiger partial charge on any atom is -0.481 e. The Kier molecular flexibility index (Phi) is 10.0. The summed E-state index contributed by atoms with van der Waals surface area (Å²) in [5.74, 6) is -1.33. The first kappa shape index (κ1) is 27.4. The van der Waals surface area contributed by atoms with Gasteiger partial charge in [-0.25, -0.2) is 4.98 Å². The summed E-state index contributed by atoms with van der Waals surface area (Å²) < 4.78 is 0. The molecular formula is C27H42N2O3S. The van der Waals surface area contributed by atoms with E-state index in [2.05, 4.69) is 52.2 Å². The molecule has 5 nitrogen and oxygen atoms in total. The van der Waals surface area contributed by atoms with E-state index in [-0.39, 0.29) is 0 Å². The molecular weight excluding hydrogens is 432 g/mol. The van der Waals surface area contributed by atoms with Gasteiger partial charge in [0.25, 0.3) is 0 Å². The third-order valence-corrected chi connectivity index (χ3v) is 7.99. The van der Waals surface area contributed by atoms with Crippen LogP contribution in [0.2, 0.25) is 0 Å². The summed E-state index contributed by atoms with van der Waals surface area (Å²) in [6, 6.07) is 0. The number of hydrogen-bond donors (Lipinski definition) is 3. The number of carboxylic acids is 1. The largest absolute Gasteiger partial charge is 0.481 e. The molecule has 0 aliphatic rings. The summed E-state index contributed by atoms with van der Waals surface area (Å²) in [7, 11) is 0. The Labute approximate surface area is 204 Å². The van der Waals surface area contributed by atoms with Crippen LogP contribution in [0.4, 0.5) is 0 Å². The molecule has 1 heterocycles. The first-order valence-electron chi connectivity index (χ1n) is 12.6. The first-order valence-corrected chi connectivity index (χ1v) is 13.0. The number of hydrogen-bond acceptors (Lipinski definition) is 3. The van der Waals surface area contributed by atoms with Crippen LogP contribution in [0.15, 0.2) is 0 Å². The summed E-state index contributed by atoms with van der Waals surface area (Å²) in [4.78, 5) is 34.2. The van der Waals surface area contributed by atoms with E-state index in [1.807, 2.05) is 6.92 Å². The van der Waals surface area contributed by atoms with Gasteiger partial charge in [0, 0.05) is 0 Å². The molecule has 0 fully saturated rings. The number of aromatic nitrogens is 2. The van der Waals surface area contributed by atoms with Gasteiger partial charge in [0.05, 0.1) is 17.0 Å². The molecule has 0 aliphatic heterocycles. The number of fused-ring (bicyclic) bond motifs is 1. The molecule has 2 aromatic rings. The molecule has 0 amide bonds. The van der Waals surface area contributed by atoms with Crippen molar-refractivity contribution in [2.24, 2.45) is 5.92 Å². The molecule has 2 unspecified atom stereocenters. The number of imidazole rings is 1. The maximum Gasteiger partial charge on any atom is 0.308 e. The number of aliphatic carboxylic acids is 1. The van der Waals surface area contributed by atoms with Crippen LogP contribution < -0.4 is 0 Å². The van der Waals surface area contributed by atoms with Crippen molar-refractivity contribution in [1.29, 1.82) is 0 Å². The van der Waals surface area contributed by atoms with Gasteiger partial charge in [-0.2, -0.15) is 0 Å². The number of rotatable bonds is 14. The number of aryl methyl sites for hydroxylation is 2. The van der Waals surface area contributed by atoms with E-state index in [1.54, 1.807) is 0 Å². The number of carbonyl (C=O) groups excluding carboxylic acids is 1. The molecule has 0 spiro atoms. The van der Waals surface area contributed by atoms with E-state index in [0.29, 0.717) is 18.7 Å². The Morgan fingerprint density at radius 3 is 2.03 bits per heavy atom. The molecule has 2 N–H and O–H groups in total. The predicted molar refractivity (Wildman–Crippen MR) is 139 cm³/mol. The fraction of sp³-hybridized carbons (Fsp3) is 0.667. The van der Waals surface area contributed by atoms with Crippen LogP contribution in [0.25, 0.3) is 11.0 Å². The summed E-state index contributed by atoms with van der Waals surface area (Å²) >= 11 is 4.32. The second kappa shape index (κ2) is 12.0. The van der Waals surface area contributed by atoms with Crippen molar-refractivity contribution in [2.45, 2.75) is 111 Å². The number of carbonyl (C=O) groups is 2. The molecule has 0 radical (unpaired) electrons. The molecule has 33 heavy (non-hydrogen) atoms. The van der Waals surface area contributed by atoms with Gasteiger partial charge in [0.2, 0.25) is 0 Å². The van der Waals surface area contributed by atoms with Gasteiger partial charge >= 0.3 is 5.97 Å². The average Bonchev–Trinajstić information content (AvgIpc) is 3.22. The SMILES string of the molecule is CCCCCCC(C(=O)O)C(CCCCCC)(C(=O)S)c1nc2c(C)c(C)c(C)c(C)c2[nH]1. The smallest absolute Gasteiger partial charge is 0.308 e. The zero-order chi connectivity index (χ0) is 24.8. The van der Waals surface area contributed by atoms with E-state index >= 15 is 0 Å². The number of carboxylic acid groups (broad SMARTS) is 1. The number of nitrogens with one attached hydrogen (secondary N) is 1. The van der Waals surface area contributed by atoms with Gasteiger partial charge in [-0.1, -0.05) is 65.2 Å². The molecule has 0 saturated heterocycles. The maximum atomic E-state index is 13.3. The summed E-state index contributed by atoms with van der Waals surface area (Å²) in [6.07, 6.45) is 8.62. The van der Waals surface area contributed by atoms with Gasteiger partial charge in [-0.05, 0) is 62.8 Å². The molecule has 6 heteroatoms. The molecule has 0 aliphatic carbocycles. The highest BCUT2D eigenvalue weighted by molar-refractivity contribution is 7.96. The highest BCUT2D eigenvalue weighted by atomic mass is 32.1. The lowest BCUT2D eigenvalue weighted by Gasteiger charge is -2.34. The van der Waals surface area contributed by atoms with E-state index in [1.165, 1.54) is 11.1 Å². The maximum absolute atomic E-state index is 13.3. The van der Waals surface area contributed by atoms with Crippen LogP contribution in [0, 0.1) is 33.6 Å². The van der Waals surface area contributed by atoms with E-state index in [9.17, 15) is 14.7 Å². The van der Waals surface area contributed by atoms with Gasteiger partial charge in [-0.15, -0.1) is 12.6 Å². The Morgan fingerprint density at radius 2 is 1.48 bits per heavy atom. The topological polar surface area (TPSA) is 83.0 Å². The van der Waals surface area contributed by atoms with Crippen LogP contribution in [0.5, 0.6) is 0 Å². The van der Waals surface area contributed by atoms with Crippen molar-refractivity contribution >= 4 is 34.7 Å². The molecule has 184 valence electrons. The van der Waals surface area contributed by atoms with Gasteiger partial charge in [-0.3, -0.25) is 9.59 Å². The third-order valence-electron chi connectivity index (χ3n) is 7.59. The lowest BCUT2D eigenvalue weighted by Crippen LogP contribution is -2.46. The Hall–Kier alpha value is -1.82. The zero-order valence-corrected chi connectivity index (χ0v) is 22.2. The number of benzene rings is 1. The summed E-state index contributed by atoms with van der Waals surface area (Å²) in [5.41, 5.74) is 4.98. The molecule has 0 bridgehead atoms. The normalized spacial score (nSPS) is 14.4. The van der Waals surface area contributed by atoms with E-state index in [4.69, 9.17) is 4.98 Å². The Bertz CT molecular complexity index is 937. The number of unbranched alkanes of at least 4 members (excludes halogenated alkanes) is 6. The van der Waals surface area contributed by atoms with Crippen LogP contribution in [-0.2, 0) is 15.0 Å². The second-order valence-corrected chi connectivity index (χ2v) is 10.0. The Balaban J connectivity index is 2.68. The van der Waals surface area contributed by atoms with Crippen molar-refractivity contribution in [1.82, 2.24) is 9.97 Å². The highest BCUT2D eigenvalue weighted by Gasteiger charge is 2.51. The van der Waals surface area contributed by atoms with E-state index in [0.717, 1.165) is 73.5 Å².